The minimum atomic E-state index is -0.0960. The van der Waals surface area contributed by atoms with Gasteiger partial charge in [-0.1, -0.05) is 60.3 Å². The van der Waals surface area contributed by atoms with Gasteiger partial charge in [-0.3, -0.25) is 4.79 Å². The summed E-state index contributed by atoms with van der Waals surface area (Å²) in [4.78, 5) is 16.9. The summed E-state index contributed by atoms with van der Waals surface area (Å²) in [6.45, 7) is 2.63. The number of para-hydroxylation sites is 1. The van der Waals surface area contributed by atoms with E-state index < -0.39 is 0 Å². The fourth-order valence-electron chi connectivity index (χ4n) is 3.00. The molecular formula is C22H21N5OS. The zero-order chi connectivity index (χ0) is 20.1. The number of carbonyl (C=O) groups is 1. The Kier molecular flexibility index (Phi) is 5.76. The second kappa shape index (κ2) is 8.79. The number of amides is 1. The molecule has 0 radical (unpaired) electrons. The van der Waals surface area contributed by atoms with Gasteiger partial charge in [-0.2, -0.15) is 5.10 Å². The smallest absolute Gasteiger partial charge is 0.236 e. The Morgan fingerprint density at radius 2 is 1.79 bits per heavy atom. The molecule has 0 atom stereocenters. The number of anilines is 1. The quantitative estimate of drug-likeness (QED) is 0.471. The Hall–Kier alpha value is -3.32. The van der Waals surface area contributed by atoms with Gasteiger partial charge in [0.25, 0.3) is 0 Å². The summed E-state index contributed by atoms with van der Waals surface area (Å²) in [7, 11) is 0. The maximum absolute atomic E-state index is 12.6. The van der Waals surface area contributed by atoms with E-state index in [9.17, 15) is 4.79 Å². The SMILES string of the molecule is Cc1cc(NC(=O)CSc2nccn2Cc2ccccc2)n(-c2ccccc2)n1. The van der Waals surface area contributed by atoms with Crippen LogP contribution in [0.5, 0.6) is 0 Å². The topological polar surface area (TPSA) is 64.7 Å². The molecule has 0 bridgehead atoms. The number of thioether (sulfide) groups is 1. The number of carbonyl (C=O) groups excluding carboxylic acids is 1. The first-order valence-corrected chi connectivity index (χ1v) is 10.3. The summed E-state index contributed by atoms with van der Waals surface area (Å²) in [6.07, 6.45) is 3.69. The van der Waals surface area contributed by atoms with E-state index in [1.165, 1.54) is 17.3 Å². The van der Waals surface area contributed by atoms with Gasteiger partial charge in [0, 0.05) is 25.0 Å². The molecule has 4 aromatic rings. The monoisotopic (exact) mass is 403 g/mol. The number of benzene rings is 2. The van der Waals surface area contributed by atoms with Gasteiger partial charge in [-0.05, 0) is 24.6 Å². The van der Waals surface area contributed by atoms with E-state index >= 15 is 0 Å². The van der Waals surface area contributed by atoms with E-state index in [-0.39, 0.29) is 11.7 Å². The second-order valence-electron chi connectivity index (χ2n) is 6.58. The number of nitrogens with zero attached hydrogens (tertiary/aromatic N) is 4. The van der Waals surface area contributed by atoms with Crippen LogP contribution in [0.1, 0.15) is 11.3 Å². The van der Waals surface area contributed by atoms with Crippen LogP contribution < -0.4 is 5.32 Å². The van der Waals surface area contributed by atoms with Gasteiger partial charge in [0.05, 0.1) is 17.1 Å². The van der Waals surface area contributed by atoms with Crippen molar-refractivity contribution in [3.05, 3.63) is 90.4 Å². The molecule has 0 saturated carbocycles. The third-order valence-corrected chi connectivity index (χ3v) is 5.31. The number of hydrogen-bond donors (Lipinski definition) is 1. The summed E-state index contributed by atoms with van der Waals surface area (Å²) >= 11 is 1.42. The third kappa shape index (κ3) is 4.75. The van der Waals surface area contributed by atoms with Crippen molar-refractivity contribution >= 4 is 23.5 Å². The lowest BCUT2D eigenvalue weighted by atomic mass is 10.2. The molecule has 0 spiro atoms. The fourth-order valence-corrected chi connectivity index (χ4v) is 3.76. The molecule has 0 fully saturated rings. The van der Waals surface area contributed by atoms with Crippen LogP contribution in [-0.2, 0) is 11.3 Å². The molecule has 1 N–H and O–H groups in total. The van der Waals surface area contributed by atoms with E-state index in [2.05, 4.69) is 27.5 Å². The average molecular weight is 404 g/mol. The van der Waals surface area contributed by atoms with Crippen molar-refractivity contribution in [2.24, 2.45) is 0 Å². The van der Waals surface area contributed by atoms with Crippen molar-refractivity contribution in [3.8, 4) is 5.69 Å². The molecule has 0 unspecified atom stereocenters. The van der Waals surface area contributed by atoms with Crippen molar-refractivity contribution in [1.29, 1.82) is 0 Å². The number of aromatic nitrogens is 4. The zero-order valence-electron chi connectivity index (χ0n) is 16.0. The summed E-state index contributed by atoms with van der Waals surface area (Å²) in [5, 5.41) is 8.27. The zero-order valence-corrected chi connectivity index (χ0v) is 16.8. The van der Waals surface area contributed by atoms with Crippen molar-refractivity contribution < 1.29 is 4.79 Å². The summed E-state index contributed by atoms with van der Waals surface area (Å²) in [5.74, 6) is 0.832. The van der Waals surface area contributed by atoms with E-state index in [4.69, 9.17) is 0 Å². The largest absolute Gasteiger partial charge is 0.322 e. The molecule has 2 aromatic heterocycles. The van der Waals surface area contributed by atoms with Crippen molar-refractivity contribution in [1.82, 2.24) is 19.3 Å². The van der Waals surface area contributed by atoms with Gasteiger partial charge in [0.1, 0.15) is 5.82 Å². The number of hydrogen-bond acceptors (Lipinski definition) is 4. The minimum absolute atomic E-state index is 0.0960. The highest BCUT2D eigenvalue weighted by Crippen LogP contribution is 2.20. The summed E-state index contributed by atoms with van der Waals surface area (Å²) < 4.78 is 3.79. The van der Waals surface area contributed by atoms with Crippen molar-refractivity contribution in [2.45, 2.75) is 18.6 Å². The predicted molar refractivity (Wildman–Crippen MR) is 115 cm³/mol. The fraction of sp³-hybridized carbons (Fsp3) is 0.136. The lowest BCUT2D eigenvalue weighted by molar-refractivity contribution is -0.113. The molecule has 0 aliphatic carbocycles. The minimum Gasteiger partial charge on any atom is -0.322 e. The molecule has 0 aliphatic heterocycles. The van der Waals surface area contributed by atoms with Gasteiger partial charge >= 0.3 is 0 Å². The molecular weight excluding hydrogens is 382 g/mol. The molecule has 4 rings (SSSR count). The molecule has 2 heterocycles. The lowest BCUT2D eigenvalue weighted by Gasteiger charge is -2.10. The molecule has 7 heteroatoms. The van der Waals surface area contributed by atoms with Gasteiger partial charge in [-0.15, -0.1) is 0 Å². The van der Waals surface area contributed by atoms with Crippen LogP contribution in [0.2, 0.25) is 0 Å². The Balaban J connectivity index is 1.40. The van der Waals surface area contributed by atoms with Gasteiger partial charge in [0.2, 0.25) is 5.91 Å². The Morgan fingerprint density at radius 3 is 2.55 bits per heavy atom. The molecule has 29 heavy (non-hydrogen) atoms. The summed E-state index contributed by atoms with van der Waals surface area (Å²) in [6, 6.07) is 21.8. The molecule has 6 nitrogen and oxygen atoms in total. The summed E-state index contributed by atoms with van der Waals surface area (Å²) in [5.41, 5.74) is 2.94. The first-order chi connectivity index (χ1) is 14.2. The standard InChI is InChI=1S/C22H21N5OS/c1-17-14-20(27(25-17)19-10-6-3-7-11-19)24-21(28)16-29-22-23-12-13-26(22)15-18-8-4-2-5-9-18/h2-14H,15-16H2,1H3,(H,24,28). The number of nitrogens with one attached hydrogen (secondary N) is 1. The Bertz CT molecular complexity index is 1090. The van der Waals surface area contributed by atoms with E-state index in [1.807, 2.05) is 72.3 Å². The first kappa shape index (κ1) is 19.0. The van der Waals surface area contributed by atoms with Crippen LogP contribution in [-0.4, -0.2) is 31.0 Å². The first-order valence-electron chi connectivity index (χ1n) is 9.29. The van der Waals surface area contributed by atoms with Crippen molar-refractivity contribution in [2.75, 3.05) is 11.1 Å². The number of aryl methyl sites for hydroxylation is 1. The van der Waals surface area contributed by atoms with Crippen LogP contribution in [0.25, 0.3) is 5.69 Å². The Morgan fingerprint density at radius 1 is 1.07 bits per heavy atom. The third-order valence-electron chi connectivity index (χ3n) is 4.31. The van der Waals surface area contributed by atoms with E-state index in [1.54, 1.807) is 10.9 Å². The number of imidazole rings is 1. The highest BCUT2D eigenvalue weighted by molar-refractivity contribution is 7.99. The lowest BCUT2D eigenvalue weighted by Crippen LogP contribution is -2.17. The molecule has 0 aliphatic rings. The highest BCUT2D eigenvalue weighted by atomic mass is 32.2. The molecule has 0 saturated heterocycles. The number of rotatable bonds is 7. The van der Waals surface area contributed by atoms with E-state index in [0.717, 1.165) is 23.1 Å². The molecule has 146 valence electrons. The van der Waals surface area contributed by atoms with Gasteiger partial charge < -0.3 is 9.88 Å². The maximum atomic E-state index is 12.6. The van der Waals surface area contributed by atoms with Crippen LogP contribution in [0.15, 0.2) is 84.3 Å². The van der Waals surface area contributed by atoms with Crippen LogP contribution in [0, 0.1) is 6.92 Å². The molecule has 2 aromatic carbocycles. The van der Waals surface area contributed by atoms with Crippen LogP contribution in [0.3, 0.4) is 0 Å². The van der Waals surface area contributed by atoms with Crippen molar-refractivity contribution in [3.63, 3.8) is 0 Å². The Labute approximate surface area is 173 Å². The van der Waals surface area contributed by atoms with Crippen LogP contribution >= 0.6 is 11.8 Å². The van der Waals surface area contributed by atoms with Gasteiger partial charge in [0.15, 0.2) is 5.16 Å². The normalized spacial score (nSPS) is 10.8. The van der Waals surface area contributed by atoms with Crippen LogP contribution in [0.4, 0.5) is 5.82 Å². The van der Waals surface area contributed by atoms with E-state index in [0.29, 0.717) is 5.82 Å². The molecule has 1 amide bonds. The van der Waals surface area contributed by atoms with Gasteiger partial charge in [-0.25, -0.2) is 9.67 Å². The highest BCUT2D eigenvalue weighted by Gasteiger charge is 2.13. The predicted octanol–water partition coefficient (Wildman–Crippen LogP) is 4.16. The maximum Gasteiger partial charge on any atom is 0.236 e. The second-order valence-corrected chi connectivity index (χ2v) is 7.52. The average Bonchev–Trinajstić information content (AvgIpc) is 3.33.